The molecule has 1 aliphatic heterocycles. The van der Waals surface area contributed by atoms with Crippen molar-refractivity contribution in [1.82, 2.24) is 0 Å². The van der Waals surface area contributed by atoms with Crippen molar-refractivity contribution in [1.29, 1.82) is 0 Å². The van der Waals surface area contributed by atoms with Gasteiger partial charge in [-0.05, 0) is 26.0 Å². The van der Waals surface area contributed by atoms with Crippen LogP contribution in [0.5, 0.6) is 5.75 Å². The highest BCUT2D eigenvalue weighted by molar-refractivity contribution is 6.33. The topological polar surface area (TPSA) is 55.4 Å². The summed E-state index contributed by atoms with van der Waals surface area (Å²) in [6.45, 7) is 3.07. The summed E-state index contributed by atoms with van der Waals surface area (Å²) in [5, 5.41) is 2.97. The molecule has 0 radical (unpaired) electrons. The zero-order chi connectivity index (χ0) is 11.9. The number of anilines is 1. The van der Waals surface area contributed by atoms with E-state index < -0.39 is 6.10 Å². The summed E-state index contributed by atoms with van der Waals surface area (Å²) >= 11 is 5.98. The van der Waals surface area contributed by atoms with Gasteiger partial charge in [0, 0.05) is 5.56 Å². The lowest BCUT2D eigenvalue weighted by molar-refractivity contribution is -0.122. The number of carbonyl (C=O) groups excluding carboxylic acids is 2. The molecule has 1 heterocycles. The minimum absolute atomic E-state index is 0.113. The summed E-state index contributed by atoms with van der Waals surface area (Å²) < 4.78 is 5.35. The first-order valence-electron chi connectivity index (χ1n) is 4.81. The number of fused-ring (bicyclic) bond motifs is 1. The summed E-state index contributed by atoms with van der Waals surface area (Å²) in [6, 6.07) is 3.10. The van der Waals surface area contributed by atoms with Gasteiger partial charge in [0.2, 0.25) is 0 Å². The maximum Gasteiger partial charge on any atom is 0.265 e. The third-order valence-electron chi connectivity index (χ3n) is 2.37. The summed E-state index contributed by atoms with van der Waals surface area (Å²) in [6.07, 6.45) is -0.576. The molecule has 1 unspecified atom stereocenters. The number of ketones is 1. The molecule has 2 rings (SSSR count). The Morgan fingerprint density at radius 2 is 2.19 bits per heavy atom. The van der Waals surface area contributed by atoms with E-state index in [0.29, 0.717) is 22.0 Å². The van der Waals surface area contributed by atoms with E-state index in [2.05, 4.69) is 5.32 Å². The van der Waals surface area contributed by atoms with Crippen molar-refractivity contribution in [2.45, 2.75) is 20.0 Å². The van der Waals surface area contributed by atoms with Crippen molar-refractivity contribution in [2.24, 2.45) is 0 Å². The second-order valence-corrected chi connectivity index (χ2v) is 4.05. The fourth-order valence-corrected chi connectivity index (χ4v) is 1.74. The Kier molecular flexibility index (Phi) is 2.59. The lowest BCUT2D eigenvalue weighted by atomic mass is 10.1. The monoisotopic (exact) mass is 239 g/mol. The molecular formula is C11H10ClNO3. The average molecular weight is 240 g/mol. The van der Waals surface area contributed by atoms with Crippen molar-refractivity contribution in [3.8, 4) is 5.75 Å². The van der Waals surface area contributed by atoms with Crippen LogP contribution in [0.1, 0.15) is 24.2 Å². The van der Waals surface area contributed by atoms with E-state index in [0.717, 1.165) is 0 Å². The second-order valence-electron chi connectivity index (χ2n) is 3.64. The minimum Gasteiger partial charge on any atom is -0.477 e. The Hall–Kier alpha value is -1.55. The normalized spacial score (nSPS) is 18.4. The van der Waals surface area contributed by atoms with Gasteiger partial charge < -0.3 is 10.1 Å². The number of hydrogen-bond donors (Lipinski definition) is 1. The maximum atomic E-state index is 11.4. The first-order chi connectivity index (χ1) is 7.49. The van der Waals surface area contributed by atoms with Crippen LogP contribution in [0.15, 0.2) is 12.1 Å². The zero-order valence-electron chi connectivity index (χ0n) is 8.83. The lowest BCUT2D eigenvalue weighted by Gasteiger charge is -2.24. The fraction of sp³-hybridized carbons (Fsp3) is 0.273. The number of Topliss-reactive ketones (excluding diaryl/α,β-unsaturated/α-hetero) is 1. The molecule has 1 aromatic rings. The van der Waals surface area contributed by atoms with Crippen molar-refractivity contribution in [2.75, 3.05) is 5.32 Å². The number of rotatable bonds is 1. The molecule has 1 amide bonds. The Labute approximate surface area is 97.5 Å². The molecule has 1 aliphatic rings. The third-order valence-corrected chi connectivity index (χ3v) is 2.65. The first-order valence-corrected chi connectivity index (χ1v) is 5.19. The number of carbonyl (C=O) groups is 2. The first kappa shape index (κ1) is 11.0. The number of benzene rings is 1. The quantitative estimate of drug-likeness (QED) is 0.765. The van der Waals surface area contributed by atoms with E-state index in [4.69, 9.17) is 16.3 Å². The van der Waals surface area contributed by atoms with Gasteiger partial charge in [0.15, 0.2) is 17.6 Å². The van der Waals surface area contributed by atoms with Gasteiger partial charge in [-0.25, -0.2) is 0 Å². The summed E-state index contributed by atoms with van der Waals surface area (Å²) in [4.78, 5) is 22.6. The lowest BCUT2D eigenvalue weighted by Crippen LogP contribution is -2.34. The highest BCUT2D eigenvalue weighted by Gasteiger charge is 2.26. The van der Waals surface area contributed by atoms with Gasteiger partial charge in [0.1, 0.15) is 0 Å². The van der Waals surface area contributed by atoms with Crippen LogP contribution in [0.3, 0.4) is 0 Å². The minimum atomic E-state index is -0.576. The second kappa shape index (κ2) is 3.79. The highest BCUT2D eigenvalue weighted by atomic mass is 35.5. The molecule has 84 valence electrons. The summed E-state index contributed by atoms with van der Waals surface area (Å²) in [5.74, 6) is 0.0561. The van der Waals surface area contributed by atoms with Gasteiger partial charge in [-0.3, -0.25) is 9.59 Å². The maximum absolute atomic E-state index is 11.4. The van der Waals surface area contributed by atoms with Crippen LogP contribution >= 0.6 is 11.6 Å². The predicted molar refractivity (Wildman–Crippen MR) is 60.2 cm³/mol. The van der Waals surface area contributed by atoms with E-state index in [1.165, 1.54) is 13.0 Å². The Bertz CT molecular complexity index is 484. The highest BCUT2D eigenvalue weighted by Crippen LogP contribution is 2.37. The molecule has 1 atom stereocenters. The van der Waals surface area contributed by atoms with Crippen molar-refractivity contribution >= 4 is 29.0 Å². The average Bonchev–Trinajstić information content (AvgIpc) is 2.20. The SMILES string of the molecule is CC(=O)c1cc(Cl)c2c(c1)NC(=O)C(C)O2. The molecule has 0 aromatic heterocycles. The number of amides is 1. The smallest absolute Gasteiger partial charge is 0.265 e. The van der Waals surface area contributed by atoms with Gasteiger partial charge in [0.25, 0.3) is 5.91 Å². The van der Waals surface area contributed by atoms with Crippen LogP contribution in [0, 0.1) is 0 Å². The van der Waals surface area contributed by atoms with Crippen LogP contribution < -0.4 is 10.1 Å². The van der Waals surface area contributed by atoms with Crippen LogP contribution in [-0.2, 0) is 4.79 Å². The standard InChI is InChI=1S/C11H10ClNO3/c1-5(14)7-3-8(12)10-9(4-7)13-11(15)6(2)16-10/h3-4,6H,1-2H3,(H,13,15). The van der Waals surface area contributed by atoms with Gasteiger partial charge >= 0.3 is 0 Å². The van der Waals surface area contributed by atoms with Crippen molar-refractivity contribution < 1.29 is 14.3 Å². The van der Waals surface area contributed by atoms with Crippen LogP contribution in [0.4, 0.5) is 5.69 Å². The Balaban J connectivity index is 2.52. The molecule has 0 fully saturated rings. The van der Waals surface area contributed by atoms with Crippen molar-refractivity contribution in [3.05, 3.63) is 22.7 Å². The van der Waals surface area contributed by atoms with Gasteiger partial charge in [-0.15, -0.1) is 0 Å². The molecule has 4 nitrogen and oxygen atoms in total. The molecule has 0 bridgehead atoms. The molecule has 16 heavy (non-hydrogen) atoms. The summed E-state index contributed by atoms with van der Waals surface area (Å²) in [5.41, 5.74) is 0.892. The molecule has 0 saturated heterocycles. The van der Waals surface area contributed by atoms with E-state index in [9.17, 15) is 9.59 Å². The van der Waals surface area contributed by atoms with E-state index in [1.54, 1.807) is 13.0 Å². The van der Waals surface area contributed by atoms with E-state index >= 15 is 0 Å². The largest absolute Gasteiger partial charge is 0.477 e. The molecule has 1 aromatic carbocycles. The van der Waals surface area contributed by atoms with Crippen LogP contribution in [-0.4, -0.2) is 17.8 Å². The molecule has 0 saturated carbocycles. The summed E-state index contributed by atoms with van der Waals surface area (Å²) in [7, 11) is 0. The van der Waals surface area contributed by atoms with Crippen molar-refractivity contribution in [3.63, 3.8) is 0 Å². The number of hydrogen-bond acceptors (Lipinski definition) is 3. The van der Waals surface area contributed by atoms with Gasteiger partial charge in [-0.2, -0.15) is 0 Å². The van der Waals surface area contributed by atoms with E-state index in [-0.39, 0.29) is 11.7 Å². The zero-order valence-corrected chi connectivity index (χ0v) is 9.59. The van der Waals surface area contributed by atoms with Gasteiger partial charge in [0.05, 0.1) is 10.7 Å². The Morgan fingerprint density at radius 3 is 2.81 bits per heavy atom. The number of halogens is 1. The van der Waals surface area contributed by atoms with Gasteiger partial charge in [-0.1, -0.05) is 11.6 Å². The molecule has 0 spiro atoms. The number of nitrogens with one attached hydrogen (secondary N) is 1. The molecule has 1 N–H and O–H groups in total. The fourth-order valence-electron chi connectivity index (χ4n) is 1.47. The Morgan fingerprint density at radius 1 is 1.50 bits per heavy atom. The molecular weight excluding hydrogens is 230 g/mol. The molecule has 5 heteroatoms. The molecule has 0 aliphatic carbocycles. The van der Waals surface area contributed by atoms with E-state index in [1.807, 2.05) is 0 Å². The van der Waals surface area contributed by atoms with Crippen LogP contribution in [0.25, 0.3) is 0 Å². The predicted octanol–water partition coefficient (Wildman–Crippen LogP) is 2.26. The third kappa shape index (κ3) is 1.76. The number of ether oxygens (including phenoxy) is 1. The van der Waals surface area contributed by atoms with Crippen LogP contribution in [0.2, 0.25) is 5.02 Å².